The molecule has 3 nitrogen and oxygen atoms in total. The van der Waals surface area contributed by atoms with Crippen molar-refractivity contribution in [3.05, 3.63) is 77.9 Å². The monoisotopic (exact) mass is 306 g/mol. The van der Waals surface area contributed by atoms with E-state index in [1.807, 2.05) is 62.4 Å². The van der Waals surface area contributed by atoms with Crippen LogP contribution in [0.2, 0.25) is 0 Å². The fourth-order valence-corrected chi connectivity index (χ4v) is 2.12. The summed E-state index contributed by atoms with van der Waals surface area (Å²) in [4.78, 5) is 0. The highest BCUT2D eigenvalue weighted by atomic mass is 16.5. The fourth-order valence-electron chi connectivity index (χ4n) is 2.12. The van der Waals surface area contributed by atoms with Crippen molar-refractivity contribution in [1.29, 1.82) is 0 Å². The van der Waals surface area contributed by atoms with Gasteiger partial charge in [-0.05, 0) is 50.2 Å². The van der Waals surface area contributed by atoms with Crippen LogP contribution in [0.25, 0.3) is 0 Å². The predicted molar refractivity (Wildman–Crippen MR) is 90.6 cm³/mol. The molecular weight excluding hydrogens is 288 g/mol. The first-order valence-corrected chi connectivity index (χ1v) is 7.42. The van der Waals surface area contributed by atoms with Gasteiger partial charge in [-0.15, -0.1) is 0 Å². The molecule has 0 aliphatic carbocycles. The van der Waals surface area contributed by atoms with Gasteiger partial charge in [0.2, 0.25) is 0 Å². The first kappa shape index (κ1) is 15.0. The van der Waals surface area contributed by atoms with Crippen LogP contribution in [0.15, 0.2) is 66.7 Å². The maximum atomic E-state index is 10.1. The normalized spacial score (nSPS) is 10.3. The van der Waals surface area contributed by atoms with E-state index in [2.05, 4.69) is 0 Å². The number of rotatable bonds is 4. The highest BCUT2D eigenvalue weighted by Crippen LogP contribution is 2.35. The summed E-state index contributed by atoms with van der Waals surface area (Å²) >= 11 is 0. The van der Waals surface area contributed by atoms with Gasteiger partial charge in [0.15, 0.2) is 11.5 Å². The Hall–Kier alpha value is -2.94. The van der Waals surface area contributed by atoms with E-state index in [9.17, 15) is 5.11 Å². The topological polar surface area (TPSA) is 38.7 Å². The van der Waals surface area contributed by atoms with Gasteiger partial charge >= 0.3 is 0 Å². The summed E-state index contributed by atoms with van der Waals surface area (Å²) < 4.78 is 11.4. The zero-order valence-corrected chi connectivity index (χ0v) is 13.1. The van der Waals surface area contributed by atoms with Crippen molar-refractivity contribution in [2.24, 2.45) is 0 Å². The van der Waals surface area contributed by atoms with E-state index in [-0.39, 0.29) is 5.75 Å². The second-order valence-electron chi connectivity index (χ2n) is 5.46. The molecular formula is C20H18O3. The second-order valence-corrected chi connectivity index (χ2v) is 5.46. The third-order valence-corrected chi connectivity index (χ3v) is 3.44. The molecule has 0 radical (unpaired) electrons. The molecule has 3 aromatic rings. The van der Waals surface area contributed by atoms with Crippen molar-refractivity contribution in [3.63, 3.8) is 0 Å². The minimum atomic E-state index is 0.0372. The summed E-state index contributed by atoms with van der Waals surface area (Å²) in [5.41, 5.74) is 2.32. The van der Waals surface area contributed by atoms with Gasteiger partial charge in [0.1, 0.15) is 17.2 Å². The van der Waals surface area contributed by atoms with Gasteiger partial charge in [0.05, 0.1) is 0 Å². The van der Waals surface area contributed by atoms with Crippen molar-refractivity contribution in [3.8, 4) is 28.7 Å². The molecule has 0 saturated carbocycles. The van der Waals surface area contributed by atoms with Crippen molar-refractivity contribution in [2.45, 2.75) is 13.8 Å². The van der Waals surface area contributed by atoms with Crippen LogP contribution in [0, 0.1) is 13.8 Å². The van der Waals surface area contributed by atoms with Gasteiger partial charge in [-0.2, -0.15) is 0 Å². The zero-order valence-electron chi connectivity index (χ0n) is 13.1. The van der Waals surface area contributed by atoms with Gasteiger partial charge in [0.25, 0.3) is 0 Å². The smallest absolute Gasteiger partial charge is 0.169 e. The summed E-state index contributed by atoms with van der Waals surface area (Å²) in [6.07, 6.45) is 0. The quantitative estimate of drug-likeness (QED) is 0.682. The maximum Gasteiger partial charge on any atom is 0.169 e. The number of hydrogen-bond donors (Lipinski definition) is 1. The van der Waals surface area contributed by atoms with Gasteiger partial charge in [-0.25, -0.2) is 0 Å². The van der Waals surface area contributed by atoms with E-state index in [0.717, 1.165) is 11.3 Å². The number of hydrogen-bond acceptors (Lipinski definition) is 3. The molecule has 0 heterocycles. The van der Waals surface area contributed by atoms with Crippen LogP contribution in [0.1, 0.15) is 11.1 Å². The fraction of sp³-hybridized carbons (Fsp3) is 0.100. The van der Waals surface area contributed by atoms with Crippen LogP contribution in [-0.2, 0) is 0 Å². The summed E-state index contributed by atoms with van der Waals surface area (Å²) in [7, 11) is 0. The van der Waals surface area contributed by atoms with E-state index in [1.165, 1.54) is 5.56 Å². The molecule has 0 aromatic heterocycles. The molecule has 0 fully saturated rings. The molecule has 0 spiro atoms. The molecule has 0 unspecified atom stereocenters. The van der Waals surface area contributed by atoms with Crippen molar-refractivity contribution >= 4 is 0 Å². The van der Waals surface area contributed by atoms with Crippen LogP contribution in [0.3, 0.4) is 0 Å². The van der Waals surface area contributed by atoms with E-state index in [1.54, 1.807) is 18.2 Å². The molecule has 0 amide bonds. The summed E-state index contributed by atoms with van der Waals surface area (Å²) in [6, 6.07) is 20.4. The SMILES string of the molecule is Cc1ccc(Oc2ccc(Oc3ccc(C)cc3)c(O)c2)cc1. The predicted octanol–water partition coefficient (Wildman–Crippen LogP) is 5.59. The Kier molecular flexibility index (Phi) is 4.20. The Labute approximate surface area is 135 Å². The molecule has 0 saturated heterocycles. The maximum absolute atomic E-state index is 10.1. The lowest BCUT2D eigenvalue weighted by molar-refractivity contribution is 0.405. The number of benzene rings is 3. The molecule has 23 heavy (non-hydrogen) atoms. The molecule has 3 rings (SSSR count). The third-order valence-electron chi connectivity index (χ3n) is 3.44. The number of ether oxygens (including phenoxy) is 2. The van der Waals surface area contributed by atoms with Crippen LogP contribution >= 0.6 is 0 Å². The first-order valence-electron chi connectivity index (χ1n) is 7.42. The van der Waals surface area contributed by atoms with Crippen LogP contribution < -0.4 is 9.47 Å². The molecule has 0 aliphatic heterocycles. The Balaban J connectivity index is 1.75. The van der Waals surface area contributed by atoms with Gasteiger partial charge in [-0.1, -0.05) is 35.4 Å². The number of phenols is 1. The highest BCUT2D eigenvalue weighted by Gasteiger charge is 2.07. The lowest BCUT2D eigenvalue weighted by Crippen LogP contribution is -1.88. The molecule has 1 N–H and O–H groups in total. The minimum Gasteiger partial charge on any atom is -0.504 e. The van der Waals surface area contributed by atoms with Crippen molar-refractivity contribution < 1.29 is 14.6 Å². The largest absolute Gasteiger partial charge is 0.504 e. The summed E-state index contributed by atoms with van der Waals surface area (Å²) in [6.45, 7) is 4.03. The van der Waals surface area contributed by atoms with Gasteiger partial charge in [0, 0.05) is 6.07 Å². The Bertz CT molecular complexity index is 790. The number of aryl methyl sites for hydroxylation is 2. The lowest BCUT2D eigenvalue weighted by Gasteiger charge is -2.10. The molecule has 0 aliphatic rings. The minimum absolute atomic E-state index is 0.0372. The Morgan fingerprint density at radius 1 is 0.609 bits per heavy atom. The third kappa shape index (κ3) is 3.83. The van der Waals surface area contributed by atoms with Crippen LogP contribution in [-0.4, -0.2) is 5.11 Å². The van der Waals surface area contributed by atoms with E-state index in [0.29, 0.717) is 17.2 Å². The molecule has 3 heteroatoms. The van der Waals surface area contributed by atoms with Gasteiger partial charge < -0.3 is 14.6 Å². The standard InChI is InChI=1S/C20H18O3/c1-14-3-7-16(8-4-14)22-18-11-12-20(19(21)13-18)23-17-9-5-15(2)6-10-17/h3-13,21H,1-2H3. The second kappa shape index (κ2) is 6.44. The van der Waals surface area contributed by atoms with Crippen molar-refractivity contribution in [1.82, 2.24) is 0 Å². The van der Waals surface area contributed by atoms with Crippen LogP contribution in [0.4, 0.5) is 0 Å². The summed E-state index contributed by atoms with van der Waals surface area (Å²) in [5.74, 6) is 2.39. The number of aromatic hydroxyl groups is 1. The Morgan fingerprint density at radius 2 is 1.09 bits per heavy atom. The Morgan fingerprint density at radius 3 is 1.61 bits per heavy atom. The van der Waals surface area contributed by atoms with Crippen LogP contribution in [0.5, 0.6) is 28.7 Å². The average molecular weight is 306 g/mol. The molecule has 0 atom stereocenters. The molecule has 116 valence electrons. The highest BCUT2D eigenvalue weighted by molar-refractivity contribution is 5.48. The van der Waals surface area contributed by atoms with Crippen molar-refractivity contribution in [2.75, 3.05) is 0 Å². The lowest BCUT2D eigenvalue weighted by atomic mass is 10.2. The number of phenolic OH excluding ortho intramolecular Hbond substituents is 1. The van der Waals surface area contributed by atoms with E-state index >= 15 is 0 Å². The molecule has 3 aromatic carbocycles. The van der Waals surface area contributed by atoms with Gasteiger partial charge in [-0.3, -0.25) is 0 Å². The molecule has 0 bridgehead atoms. The zero-order chi connectivity index (χ0) is 16.2. The van der Waals surface area contributed by atoms with E-state index in [4.69, 9.17) is 9.47 Å². The first-order chi connectivity index (χ1) is 11.1. The summed E-state index contributed by atoms with van der Waals surface area (Å²) in [5, 5.41) is 10.1. The van der Waals surface area contributed by atoms with E-state index < -0.39 is 0 Å². The average Bonchev–Trinajstić information content (AvgIpc) is 2.54.